The Hall–Kier alpha value is -3.75. The predicted octanol–water partition coefficient (Wildman–Crippen LogP) is 7.10. The van der Waals surface area contributed by atoms with Crippen LogP contribution in [-0.4, -0.2) is 62.1 Å². The highest BCUT2D eigenvalue weighted by Crippen LogP contribution is 2.60. The van der Waals surface area contributed by atoms with Gasteiger partial charge in [-0.25, -0.2) is 0 Å². The predicted molar refractivity (Wildman–Crippen MR) is 182 cm³/mol. The number of carbonyl (C=O) groups is 1. The molecule has 3 aromatic rings. The fraction of sp³-hybridized carbons (Fsp3) is 0.475. The van der Waals surface area contributed by atoms with Gasteiger partial charge in [0.05, 0.1) is 6.61 Å². The van der Waals surface area contributed by atoms with Gasteiger partial charge in [0.25, 0.3) is 5.91 Å². The maximum atomic E-state index is 13.5. The molecule has 45 heavy (non-hydrogen) atoms. The van der Waals surface area contributed by atoms with Crippen LogP contribution in [0.2, 0.25) is 0 Å². The van der Waals surface area contributed by atoms with E-state index in [1.54, 1.807) is 0 Å². The average Bonchev–Trinajstić information content (AvgIpc) is 3.04. The SMILES string of the molecule is CCOc1cccc(C#Cc2ccccc2CN2CCN(c3ccc(C(=O)N(C)CC45CC6CC(CC(C6)C4)C5)cc3)CC2)c1. The van der Waals surface area contributed by atoms with Crippen molar-refractivity contribution < 1.29 is 9.53 Å². The number of amides is 1. The van der Waals surface area contributed by atoms with E-state index in [0.29, 0.717) is 12.0 Å². The molecule has 234 valence electrons. The topological polar surface area (TPSA) is 36.0 Å². The molecule has 0 atom stereocenters. The molecule has 0 N–H and O–H groups in total. The molecule has 0 radical (unpaired) electrons. The third-order valence-corrected chi connectivity index (χ3v) is 10.8. The summed E-state index contributed by atoms with van der Waals surface area (Å²) in [6.45, 7) is 8.38. The maximum Gasteiger partial charge on any atom is 0.253 e. The summed E-state index contributed by atoms with van der Waals surface area (Å²) in [5.74, 6) is 10.5. The lowest BCUT2D eigenvalue weighted by molar-refractivity contribution is -0.0629. The van der Waals surface area contributed by atoms with Crippen LogP contribution in [0.3, 0.4) is 0 Å². The van der Waals surface area contributed by atoms with E-state index >= 15 is 0 Å². The van der Waals surface area contributed by atoms with Crippen LogP contribution in [0.25, 0.3) is 0 Å². The van der Waals surface area contributed by atoms with Crippen molar-refractivity contribution in [2.24, 2.45) is 23.2 Å². The molecule has 1 amide bonds. The van der Waals surface area contributed by atoms with E-state index in [1.165, 1.54) is 49.8 Å². The van der Waals surface area contributed by atoms with Crippen LogP contribution in [0.1, 0.15) is 72.5 Å². The van der Waals surface area contributed by atoms with Crippen molar-refractivity contribution in [2.45, 2.75) is 52.0 Å². The molecule has 0 aromatic heterocycles. The smallest absolute Gasteiger partial charge is 0.253 e. The Labute approximate surface area is 269 Å². The molecule has 4 bridgehead atoms. The number of hydrogen-bond donors (Lipinski definition) is 0. The molecule has 1 heterocycles. The van der Waals surface area contributed by atoms with Gasteiger partial charge in [0.15, 0.2) is 0 Å². The van der Waals surface area contributed by atoms with Crippen molar-refractivity contribution in [2.75, 3.05) is 51.3 Å². The van der Waals surface area contributed by atoms with Crippen molar-refractivity contribution in [3.8, 4) is 17.6 Å². The molecular formula is C40H47N3O2. The first-order valence-corrected chi connectivity index (χ1v) is 17.1. The largest absolute Gasteiger partial charge is 0.494 e. The van der Waals surface area contributed by atoms with Crippen LogP contribution in [0, 0.1) is 35.0 Å². The summed E-state index contributed by atoms with van der Waals surface area (Å²) in [5.41, 5.74) is 5.70. The van der Waals surface area contributed by atoms with Gasteiger partial charge in [-0.05, 0) is 123 Å². The fourth-order valence-electron chi connectivity index (χ4n) is 9.25. The zero-order chi connectivity index (χ0) is 30.8. The van der Waals surface area contributed by atoms with Crippen LogP contribution >= 0.6 is 0 Å². The number of ether oxygens (including phenoxy) is 1. The van der Waals surface area contributed by atoms with Crippen molar-refractivity contribution in [3.05, 3.63) is 95.1 Å². The minimum atomic E-state index is 0.172. The quantitative estimate of drug-likeness (QED) is 0.258. The van der Waals surface area contributed by atoms with E-state index in [2.05, 4.69) is 58.0 Å². The van der Waals surface area contributed by atoms with Gasteiger partial charge in [-0.3, -0.25) is 9.69 Å². The van der Waals surface area contributed by atoms with Gasteiger partial charge >= 0.3 is 0 Å². The zero-order valence-corrected chi connectivity index (χ0v) is 27.0. The number of benzene rings is 3. The Morgan fingerprint density at radius 2 is 1.56 bits per heavy atom. The first kappa shape index (κ1) is 29.9. The van der Waals surface area contributed by atoms with Gasteiger partial charge in [-0.1, -0.05) is 36.1 Å². The molecule has 5 fully saturated rings. The normalized spacial score (nSPS) is 25.5. The lowest BCUT2D eigenvalue weighted by Gasteiger charge is -2.57. The monoisotopic (exact) mass is 601 g/mol. The van der Waals surface area contributed by atoms with Gasteiger partial charge in [-0.15, -0.1) is 0 Å². The Morgan fingerprint density at radius 1 is 0.867 bits per heavy atom. The van der Waals surface area contributed by atoms with E-state index < -0.39 is 0 Å². The van der Waals surface area contributed by atoms with Crippen LogP contribution in [0.15, 0.2) is 72.8 Å². The Morgan fingerprint density at radius 3 is 2.24 bits per heavy atom. The highest BCUT2D eigenvalue weighted by molar-refractivity contribution is 5.94. The molecule has 3 aromatic carbocycles. The number of hydrogen-bond acceptors (Lipinski definition) is 4. The van der Waals surface area contributed by atoms with Crippen molar-refractivity contribution in [3.63, 3.8) is 0 Å². The summed E-state index contributed by atoms with van der Waals surface area (Å²) in [4.78, 5) is 20.5. The van der Waals surface area contributed by atoms with E-state index in [9.17, 15) is 4.79 Å². The molecule has 0 spiro atoms. The average molecular weight is 602 g/mol. The van der Waals surface area contributed by atoms with Crippen LogP contribution < -0.4 is 9.64 Å². The second kappa shape index (κ2) is 12.9. The second-order valence-electron chi connectivity index (χ2n) is 14.3. The Kier molecular flexibility index (Phi) is 8.60. The standard InChI is InChI=1S/C40H47N3O2/c1-3-45-38-10-6-7-30(24-38)11-12-34-8-4-5-9-36(34)28-42-17-19-43(20-18-42)37-15-13-35(14-16-37)39(44)41(2)29-40-25-31-21-32(26-40)23-33(22-31)27-40/h4-10,13-16,24,31-33H,3,17-23,25-29H2,1-2H3. The number of carbonyl (C=O) groups excluding carboxylic acids is 1. The minimum absolute atomic E-state index is 0.172. The minimum Gasteiger partial charge on any atom is -0.494 e. The third-order valence-electron chi connectivity index (χ3n) is 10.8. The summed E-state index contributed by atoms with van der Waals surface area (Å²) >= 11 is 0. The summed E-state index contributed by atoms with van der Waals surface area (Å²) in [6.07, 6.45) is 8.34. The number of anilines is 1. The van der Waals surface area contributed by atoms with Crippen LogP contribution in [0.5, 0.6) is 5.75 Å². The van der Waals surface area contributed by atoms with Gasteiger partial charge in [0.1, 0.15) is 5.75 Å². The molecule has 4 saturated carbocycles. The fourth-order valence-corrected chi connectivity index (χ4v) is 9.25. The number of nitrogens with zero attached hydrogens (tertiary/aromatic N) is 3. The Bertz CT molecular complexity index is 1520. The van der Waals surface area contributed by atoms with Crippen LogP contribution in [0.4, 0.5) is 5.69 Å². The second-order valence-corrected chi connectivity index (χ2v) is 14.3. The van der Waals surface area contributed by atoms with Gasteiger partial charge in [0.2, 0.25) is 0 Å². The lowest BCUT2D eigenvalue weighted by Crippen LogP contribution is -2.51. The molecular weight excluding hydrogens is 554 g/mol. The maximum absolute atomic E-state index is 13.5. The van der Waals surface area contributed by atoms with E-state index in [-0.39, 0.29) is 5.91 Å². The summed E-state index contributed by atoms with van der Waals surface area (Å²) in [7, 11) is 2.03. The Balaban J connectivity index is 0.928. The molecule has 5 heteroatoms. The summed E-state index contributed by atoms with van der Waals surface area (Å²) < 4.78 is 5.64. The highest BCUT2D eigenvalue weighted by Gasteiger charge is 2.51. The first-order valence-electron chi connectivity index (χ1n) is 17.1. The lowest BCUT2D eigenvalue weighted by atomic mass is 9.49. The van der Waals surface area contributed by atoms with Crippen molar-refractivity contribution >= 4 is 11.6 Å². The molecule has 5 nitrogen and oxygen atoms in total. The van der Waals surface area contributed by atoms with E-state index in [0.717, 1.165) is 79.5 Å². The molecule has 1 aliphatic heterocycles. The molecule has 4 aliphatic carbocycles. The number of rotatable bonds is 8. The third kappa shape index (κ3) is 6.77. The van der Waals surface area contributed by atoms with Gasteiger partial charge < -0.3 is 14.5 Å². The number of piperazine rings is 1. The summed E-state index contributed by atoms with van der Waals surface area (Å²) in [6, 6.07) is 24.9. The zero-order valence-electron chi connectivity index (χ0n) is 27.0. The molecule has 1 saturated heterocycles. The molecule has 5 aliphatic rings. The van der Waals surface area contributed by atoms with Crippen LogP contribution in [-0.2, 0) is 6.54 Å². The molecule has 8 rings (SSSR count). The van der Waals surface area contributed by atoms with E-state index in [1.807, 2.05) is 55.3 Å². The van der Waals surface area contributed by atoms with E-state index in [4.69, 9.17) is 4.74 Å². The van der Waals surface area contributed by atoms with Crippen molar-refractivity contribution in [1.82, 2.24) is 9.80 Å². The van der Waals surface area contributed by atoms with Gasteiger partial charge in [-0.2, -0.15) is 0 Å². The summed E-state index contributed by atoms with van der Waals surface area (Å²) in [5, 5.41) is 0. The van der Waals surface area contributed by atoms with Crippen molar-refractivity contribution in [1.29, 1.82) is 0 Å². The molecule has 0 unspecified atom stereocenters. The highest BCUT2D eigenvalue weighted by atomic mass is 16.5. The first-order chi connectivity index (χ1) is 21.9. The van der Waals surface area contributed by atoms with Gasteiger partial charge in [0, 0.05) is 68.7 Å².